The first-order valence-electron chi connectivity index (χ1n) is 7.93. The molecule has 2 heterocycles. The SMILES string of the molecule is CCN(CC)C(=O)CSc1ccc(S(=O)(=O)N2CCOCC2)cn1. The van der Waals surface area contributed by atoms with Crippen LogP contribution in [-0.4, -0.2) is 73.7 Å². The van der Waals surface area contributed by atoms with Gasteiger partial charge in [-0.25, -0.2) is 13.4 Å². The lowest BCUT2D eigenvalue weighted by Gasteiger charge is -2.25. The van der Waals surface area contributed by atoms with Crippen molar-refractivity contribution in [1.82, 2.24) is 14.2 Å². The number of pyridine rings is 1. The average Bonchev–Trinajstić information content (AvgIpc) is 2.62. The number of hydrogen-bond acceptors (Lipinski definition) is 6. The maximum absolute atomic E-state index is 12.5. The molecule has 1 aromatic heterocycles. The normalized spacial score (nSPS) is 16.1. The second-order valence-corrected chi connectivity index (χ2v) is 8.14. The number of thioether (sulfide) groups is 1. The minimum Gasteiger partial charge on any atom is -0.379 e. The van der Waals surface area contributed by atoms with Gasteiger partial charge in [0.05, 0.1) is 24.0 Å². The Hall–Kier alpha value is -1.16. The van der Waals surface area contributed by atoms with Crippen LogP contribution in [0.3, 0.4) is 0 Å². The van der Waals surface area contributed by atoms with Crippen molar-refractivity contribution in [3.63, 3.8) is 0 Å². The Morgan fingerprint density at radius 3 is 2.50 bits per heavy atom. The number of morpholine rings is 1. The molecule has 0 saturated carbocycles. The monoisotopic (exact) mass is 373 g/mol. The molecule has 0 spiro atoms. The number of carbonyl (C=O) groups excluding carboxylic acids is 1. The second kappa shape index (κ2) is 8.80. The van der Waals surface area contributed by atoms with Crippen molar-refractivity contribution in [2.45, 2.75) is 23.8 Å². The van der Waals surface area contributed by atoms with Crippen molar-refractivity contribution in [3.8, 4) is 0 Å². The van der Waals surface area contributed by atoms with E-state index in [0.717, 1.165) is 0 Å². The van der Waals surface area contributed by atoms with Gasteiger partial charge in [-0.3, -0.25) is 4.79 Å². The number of sulfonamides is 1. The molecule has 0 N–H and O–H groups in total. The Bertz CT molecular complexity index is 639. The highest BCUT2D eigenvalue weighted by molar-refractivity contribution is 7.99. The molecule has 1 aromatic rings. The molecule has 0 bridgehead atoms. The summed E-state index contributed by atoms with van der Waals surface area (Å²) < 4.78 is 31.6. The predicted molar refractivity (Wildman–Crippen MR) is 92.5 cm³/mol. The van der Waals surface area contributed by atoms with Crippen molar-refractivity contribution >= 4 is 27.7 Å². The predicted octanol–water partition coefficient (Wildman–Crippen LogP) is 1.06. The van der Waals surface area contributed by atoms with Gasteiger partial charge in [-0.1, -0.05) is 11.8 Å². The summed E-state index contributed by atoms with van der Waals surface area (Å²) in [5.41, 5.74) is 0. The number of carbonyl (C=O) groups is 1. The largest absolute Gasteiger partial charge is 0.379 e. The average molecular weight is 374 g/mol. The summed E-state index contributed by atoms with van der Waals surface area (Å²) in [5.74, 6) is 0.348. The van der Waals surface area contributed by atoms with Gasteiger partial charge in [0.1, 0.15) is 4.90 Å². The molecule has 0 aliphatic carbocycles. The topological polar surface area (TPSA) is 79.8 Å². The van der Waals surface area contributed by atoms with E-state index in [1.54, 1.807) is 17.0 Å². The van der Waals surface area contributed by atoms with E-state index in [1.807, 2.05) is 13.8 Å². The molecule has 1 fully saturated rings. The van der Waals surface area contributed by atoms with Crippen LogP contribution in [0, 0.1) is 0 Å². The van der Waals surface area contributed by atoms with Crippen molar-refractivity contribution in [3.05, 3.63) is 18.3 Å². The third-order valence-electron chi connectivity index (χ3n) is 3.78. The summed E-state index contributed by atoms with van der Waals surface area (Å²) in [5, 5.41) is 0.636. The molecule has 0 aromatic carbocycles. The molecule has 0 unspecified atom stereocenters. The van der Waals surface area contributed by atoms with Gasteiger partial charge in [0, 0.05) is 32.4 Å². The molecule has 1 aliphatic heterocycles. The fourth-order valence-electron chi connectivity index (χ4n) is 2.34. The lowest BCUT2D eigenvalue weighted by atomic mass is 10.5. The van der Waals surface area contributed by atoms with Crippen molar-refractivity contribution < 1.29 is 17.9 Å². The van der Waals surface area contributed by atoms with Gasteiger partial charge in [0.25, 0.3) is 0 Å². The zero-order valence-electron chi connectivity index (χ0n) is 14.0. The van der Waals surface area contributed by atoms with Crippen LogP contribution in [0.5, 0.6) is 0 Å². The van der Waals surface area contributed by atoms with E-state index < -0.39 is 10.0 Å². The molecule has 134 valence electrons. The van der Waals surface area contributed by atoms with Gasteiger partial charge in [0.15, 0.2) is 0 Å². The minimum atomic E-state index is -3.53. The maximum Gasteiger partial charge on any atom is 0.244 e. The fraction of sp³-hybridized carbons (Fsp3) is 0.600. The molecule has 0 atom stereocenters. The molecule has 1 saturated heterocycles. The van der Waals surface area contributed by atoms with E-state index in [-0.39, 0.29) is 10.8 Å². The summed E-state index contributed by atoms with van der Waals surface area (Å²) >= 11 is 1.31. The smallest absolute Gasteiger partial charge is 0.244 e. The minimum absolute atomic E-state index is 0.0526. The lowest BCUT2D eigenvalue weighted by Crippen LogP contribution is -2.40. The third-order valence-corrected chi connectivity index (χ3v) is 6.59. The highest BCUT2D eigenvalue weighted by Gasteiger charge is 2.26. The Morgan fingerprint density at radius 2 is 1.96 bits per heavy atom. The van der Waals surface area contributed by atoms with Gasteiger partial charge in [-0.2, -0.15) is 4.31 Å². The maximum atomic E-state index is 12.5. The number of nitrogens with zero attached hydrogens (tertiary/aromatic N) is 3. The molecule has 1 amide bonds. The molecule has 2 rings (SSSR count). The molecular weight excluding hydrogens is 350 g/mol. The summed E-state index contributed by atoms with van der Waals surface area (Å²) in [4.78, 5) is 18.1. The number of hydrogen-bond donors (Lipinski definition) is 0. The van der Waals surface area contributed by atoms with Crippen LogP contribution in [0.25, 0.3) is 0 Å². The van der Waals surface area contributed by atoms with Gasteiger partial charge >= 0.3 is 0 Å². The molecule has 0 radical (unpaired) electrons. The zero-order valence-corrected chi connectivity index (χ0v) is 15.6. The second-order valence-electron chi connectivity index (χ2n) is 5.20. The molecule has 1 aliphatic rings. The Kier molecular flexibility index (Phi) is 7.02. The zero-order chi connectivity index (χ0) is 17.6. The van der Waals surface area contributed by atoms with Crippen molar-refractivity contribution in [2.24, 2.45) is 0 Å². The molecule has 24 heavy (non-hydrogen) atoms. The Morgan fingerprint density at radius 1 is 1.29 bits per heavy atom. The van der Waals surface area contributed by atoms with Gasteiger partial charge in [0.2, 0.25) is 15.9 Å². The summed E-state index contributed by atoms with van der Waals surface area (Å²) in [7, 11) is -3.53. The van der Waals surface area contributed by atoms with E-state index in [9.17, 15) is 13.2 Å². The first-order chi connectivity index (χ1) is 11.5. The number of amides is 1. The van der Waals surface area contributed by atoms with Gasteiger partial charge in [-0.15, -0.1) is 0 Å². The van der Waals surface area contributed by atoms with E-state index in [2.05, 4.69) is 4.98 Å². The standard InChI is InChI=1S/C15H23N3O4S2/c1-3-17(4-2)15(19)12-23-14-6-5-13(11-16-14)24(20,21)18-7-9-22-10-8-18/h5-6,11H,3-4,7-10,12H2,1-2H3. The summed E-state index contributed by atoms with van der Waals surface area (Å²) in [6.07, 6.45) is 1.36. The van der Waals surface area contributed by atoms with Crippen LogP contribution >= 0.6 is 11.8 Å². The van der Waals surface area contributed by atoms with Crippen LogP contribution in [0.4, 0.5) is 0 Å². The van der Waals surface area contributed by atoms with Crippen LogP contribution in [-0.2, 0) is 19.6 Å². The van der Waals surface area contributed by atoms with Crippen molar-refractivity contribution in [2.75, 3.05) is 45.1 Å². The molecular formula is C15H23N3O4S2. The third kappa shape index (κ3) is 4.69. The number of aromatic nitrogens is 1. The van der Waals surface area contributed by atoms with E-state index >= 15 is 0 Å². The summed E-state index contributed by atoms with van der Waals surface area (Å²) in [6, 6.07) is 3.19. The first-order valence-corrected chi connectivity index (χ1v) is 10.4. The van der Waals surface area contributed by atoms with Gasteiger partial charge in [-0.05, 0) is 26.0 Å². The molecule has 9 heteroatoms. The fourth-order valence-corrected chi connectivity index (χ4v) is 4.44. The summed E-state index contributed by atoms with van der Waals surface area (Å²) in [6.45, 7) is 6.78. The highest BCUT2D eigenvalue weighted by Crippen LogP contribution is 2.20. The first kappa shape index (κ1) is 19.2. The van der Waals surface area contributed by atoms with Gasteiger partial charge < -0.3 is 9.64 Å². The van der Waals surface area contributed by atoms with E-state index in [1.165, 1.54) is 22.3 Å². The van der Waals surface area contributed by atoms with Crippen LogP contribution in [0.1, 0.15) is 13.8 Å². The van der Waals surface area contributed by atoms with Crippen LogP contribution in [0.2, 0.25) is 0 Å². The number of rotatable bonds is 7. The van der Waals surface area contributed by atoms with E-state index in [0.29, 0.717) is 50.2 Å². The quantitative estimate of drug-likeness (QED) is 0.665. The Labute approximate surface area is 147 Å². The lowest BCUT2D eigenvalue weighted by molar-refractivity contribution is -0.127. The Balaban J connectivity index is 1.98. The van der Waals surface area contributed by atoms with Crippen molar-refractivity contribution in [1.29, 1.82) is 0 Å². The van der Waals surface area contributed by atoms with Crippen LogP contribution in [0.15, 0.2) is 28.3 Å². The van der Waals surface area contributed by atoms with Crippen LogP contribution < -0.4 is 0 Å². The highest BCUT2D eigenvalue weighted by atomic mass is 32.2. The van der Waals surface area contributed by atoms with E-state index in [4.69, 9.17) is 4.74 Å². The number of ether oxygens (including phenoxy) is 1. The molecule has 7 nitrogen and oxygen atoms in total.